The summed E-state index contributed by atoms with van der Waals surface area (Å²) >= 11 is 5.51. The van der Waals surface area contributed by atoms with Gasteiger partial charge in [-0.3, -0.25) is 9.59 Å². The second kappa shape index (κ2) is 11.6. The Labute approximate surface area is 195 Å². The lowest BCUT2D eigenvalue weighted by atomic mass is 10.0. The number of hydrogen-bond donors (Lipinski definition) is 6. The molecule has 1 aromatic carbocycles. The molecule has 0 aliphatic heterocycles. The van der Waals surface area contributed by atoms with E-state index in [4.69, 9.17) is 10.2 Å². The second-order valence-electron chi connectivity index (χ2n) is 5.27. The number of aliphatic hydroxyl groups is 4. The van der Waals surface area contributed by atoms with Crippen molar-refractivity contribution in [3.8, 4) is 6.07 Å². The molecule has 0 radical (unpaired) electrons. The van der Waals surface area contributed by atoms with Crippen molar-refractivity contribution in [3.05, 3.63) is 27.4 Å². The number of aliphatic hydroxyl groups excluding tert-OH is 4. The van der Waals surface area contributed by atoms with Crippen molar-refractivity contribution in [3.63, 3.8) is 0 Å². The first-order chi connectivity index (χ1) is 12.7. The van der Waals surface area contributed by atoms with Crippen LogP contribution in [0.4, 0.5) is 0 Å². The van der Waals surface area contributed by atoms with Gasteiger partial charge in [0.25, 0.3) is 11.8 Å². The van der Waals surface area contributed by atoms with Crippen molar-refractivity contribution < 1.29 is 30.0 Å². The molecule has 2 amide bonds. The van der Waals surface area contributed by atoms with Gasteiger partial charge in [0.1, 0.15) is 6.07 Å². The summed E-state index contributed by atoms with van der Waals surface area (Å²) < 4.78 is 1.01. The molecule has 1 rings (SSSR count). The zero-order valence-corrected chi connectivity index (χ0v) is 20.1. The summed E-state index contributed by atoms with van der Waals surface area (Å²) in [6.45, 7) is -1.43. The maximum Gasteiger partial charge on any atom is 0.253 e. The molecule has 0 saturated heterocycles. The van der Waals surface area contributed by atoms with Gasteiger partial charge < -0.3 is 31.1 Å². The number of halogens is 3. The number of nitrogens with zero attached hydrogens (tertiary/aromatic N) is 1. The molecule has 2 unspecified atom stereocenters. The average Bonchev–Trinajstić information content (AvgIpc) is 2.64. The molecule has 2 atom stereocenters. The zero-order valence-electron chi connectivity index (χ0n) is 13.7. The minimum atomic E-state index is -1.13. The molecule has 0 saturated carbocycles. The SMILES string of the molecule is N#Cc1c(I)c(C(=O)NCC(O)CO)c(I)c(C(=O)NCC(O)CO)c1I. The topological polar surface area (TPSA) is 163 Å². The van der Waals surface area contributed by atoms with Crippen molar-refractivity contribution in [2.75, 3.05) is 26.3 Å². The van der Waals surface area contributed by atoms with Gasteiger partial charge in [-0.25, -0.2) is 0 Å². The van der Waals surface area contributed by atoms with Gasteiger partial charge in [0.2, 0.25) is 0 Å². The Kier molecular flexibility index (Phi) is 10.6. The molecule has 0 bridgehead atoms. The summed E-state index contributed by atoms with van der Waals surface area (Å²) in [5.41, 5.74) is 0.356. The molecule has 0 aromatic heterocycles. The summed E-state index contributed by atoms with van der Waals surface area (Å²) in [4.78, 5) is 25.1. The summed E-state index contributed by atoms with van der Waals surface area (Å²) in [6.07, 6.45) is -2.27. The predicted octanol–water partition coefficient (Wildman–Crippen LogP) is -0.462. The summed E-state index contributed by atoms with van der Waals surface area (Å²) in [5.74, 6) is -1.21. The van der Waals surface area contributed by atoms with Gasteiger partial charge in [-0.05, 0) is 67.8 Å². The number of carbonyl (C=O) groups excluding carboxylic acids is 2. The zero-order chi connectivity index (χ0) is 20.7. The largest absolute Gasteiger partial charge is 0.394 e. The lowest BCUT2D eigenvalue weighted by Crippen LogP contribution is -2.37. The van der Waals surface area contributed by atoms with Crippen molar-refractivity contribution in [2.45, 2.75) is 12.2 Å². The van der Waals surface area contributed by atoms with Crippen LogP contribution < -0.4 is 10.6 Å². The van der Waals surface area contributed by atoms with E-state index >= 15 is 0 Å². The van der Waals surface area contributed by atoms with Crippen molar-refractivity contribution in [2.24, 2.45) is 0 Å². The number of nitriles is 1. The van der Waals surface area contributed by atoms with Gasteiger partial charge in [-0.15, -0.1) is 0 Å². The van der Waals surface area contributed by atoms with Gasteiger partial charge in [0, 0.05) is 23.8 Å². The number of nitrogens with one attached hydrogen (secondary N) is 2. The van der Waals surface area contributed by atoms with Crippen LogP contribution in [0.2, 0.25) is 0 Å². The minimum Gasteiger partial charge on any atom is -0.394 e. The lowest BCUT2D eigenvalue weighted by Gasteiger charge is -2.17. The van der Waals surface area contributed by atoms with E-state index < -0.39 is 37.2 Å². The first-order valence-electron chi connectivity index (χ1n) is 7.44. The van der Waals surface area contributed by atoms with Crippen LogP contribution in [0.5, 0.6) is 0 Å². The Hall–Kier alpha value is -0.320. The van der Waals surface area contributed by atoms with E-state index in [1.54, 1.807) is 0 Å². The van der Waals surface area contributed by atoms with Gasteiger partial charge >= 0.3 is 0 Å². The fourth-order valence-electron chi connectivity index (χ4n) is 1.89. The van der Waals surface area contributed by atoms with Crippen LogP contribution in [0, 0.1) is 22.0 Å². The Balaban J connectivity index is 3.35. The highest BCUT2D eigenvalue weighted by atomic mass is 127. The van der Waals surface area contributed by atoms with Gasteiger partial charge in [-0.1, -0.05) is 0 Å². The fourth-order valence-corrected chi connectivity index (χ4v) is 6.28. The maximum absolute atomic E-state index is 12.5. The lowest BCUT2D eigenvalue weighted by molar-refractivity contribution is 0.0798. The molecule has 0 heterocycles. The molecule has 1 aromatic rings. The quantitative estimate of drug-likeness (QED) is 0.199. The molecular weight excluding hydrogens is 699 g/mol. The minimum absolute atomic E-state index is 0.103. The van der Waals surface area contributed by atoms with E-state index in [0.717, 1.165) is 0 Å². The van der Waals surface area contributed by atoms with Crippen LogP contribution in [-0.4, -0.2) is 70.8 Å². The number of hydrogen-bond acceptors (Lipinski definition) is 7. The summed E-state index contributed by atoms with van der Waals surface area (Å²) in [6, 6.07) is 1.98. The van der Waals surface area contributed by atoms with Crippen LogP contribution in [0.15, 0.2) is 0 Å². The van der Waals surface area contributed by atoms with E-state index in [-0.39, 0.29) is 29.8 Å². The molecule has 0 fully saturated rings. The molecule has 148 valence electrons. The monoisotopic (exact) mass is 715 g/mol. The highest BCUT2D eigenvalue weighted by molar-refractivity contribution is 14.1. The van der Waals surface area contributed by atoms with E-state index in [0.29, 0.717) is 10.7 Å². The first kappa shape index (κ1) is 24.7. The Morgan fingerprint density at radius 2 is 1.26 bits per heavy atom. The van der Waals surface area contributed by atoms with Crippen LogP contribution in [0.3, 0.4) is 0 Å². The van der Waals surface area contributed by atoms with Crippen LogP contribution in [0.1, 0.15) is 26.3 Å². The van der Waals surface area contributed by atoms with Gasteiger partial charge in [-0.2, -0.15) is 5.26 Å². The fraction of sp³-hybridized carbons (Fsp3) is 0.400. The van der Waals surface area contributed by atoms with Crippen molar-refractivity contribution >= 4 is 79.6 Å². The van der Waals surface area contributed by atoms with Crippen LogP contribution in [-0.2, 0) is 0 Å². The Bertz CT molecular complexity index is 715. The molecule has 0 aliphatic carbocycles. The second-order valence-corrected chi connectivity index (χ2v) is 8.51. The predicted molar refractivity (Wildman–Crippen MR) is 120 cm³/mol. The average molecular weight is 715 g/mol. The number of amides is 2. The number of carbonyl (C=O) groups is 2. The normalized spacial score (nSPS) is 12.8. The smallest absolute Gasteiger partial charge is 0.253 e. The van der Waals surface area contributed by atoms with E-state index in [1.807, 2.05) is 73.8 Å². The third-order valence-electron chi connectivity index (χ3n) is 3.30. The summed E-state index contributed by atoms with van der Waals surface area (Å²) in [5, 5.41) is 50.8. The standard InChI is InChI=1S/C15H16I3N3O6/c16-11-8(1-19)12(17)10(15(27)21-3-7(25)5-23)13(18)9(11)14(26)20-2-6(24)4-22/h6-7,22-25H,2-5H2,(H,20,26)(H,21,27). The van der Waals surface area contributed by atoms with E-state index in [1.165, 1.54) is 0 Å². The molecule has 0 spiro atoms. The van der Waals surface area contributed by atoms with Crippen molar-refractivity contribution in [1.29, 1.82) is 5.26 Å². The third-order valence-corrected chi connectivity index (χ3v) is 6.54. The molecule has 27 heavy (non-hydrogen) atoms. The van der Waals surface area contributed by atoms with Gasteiger partial charge in [0.15, 0.2) is 0 Å². The molecule has 12 heteroatoms. The molecular formula is C15H16I3N3O6. The first-order valence-corrected chi connectivity index (χ1v) is 10.7. The van der Waals surface area contributed by atoms with Crippen LogP contribution in [0.25, 0.3) is 0 Å². The Morgan fingerprint density at radius 1 is 0.889 bits per heavy atom. The number of rotatable bonds is 8. The van der Waals surface area contributed by atoms with E-state index in [9.17, 15) is 25.1 Å². The maximum atomic E-state index is 12.5. The van der Waals surface area contributed by atoms with E-state index in [2.05, 4.69) is 10.6 Å². The third kappa shape index (κ3) is 6.33. The highest BCUT2D eigenvalue weighted by Gasteiger charge is 2.28. The molecule has 6 N–H and O–H groups in total. The van der Waals surface area contributed by atoms with Gasteiger partial charge in [0.05, 0.1) is 42.1 Å². The molecule has 9 nitrogen and oxygen atoms in total. The highest BCUT2D eigenvalue weighted by Crippen LogP contribution is 2.31. The summed E-state index contributed by atoms with van der Waals surface area (Å²) in [7, 11) is 0. The molecule has 0 aliphatic rings. The van der Waals surface area contributed by atoms with Crippen LogP contribution >= 0.6 is 67.8 Å². The van der Waals surface area contributed by atoms with Crippen molar-refractivity contribution in [1.82, 2.24) is 10.6 Å². The Morgan fingerprint density at radius 3 is 1.56 bits per heavy atom. The number of benzene rings is 1.